The number of pyridine rings is 1. The van der Waals surface area contributed by atoms with Crippen LogP contribution in [0.25, 0.3) is 0 Å². The van der Waals surface area contributed by atoms with Gasteiger partial charge in [0.1, 0.15) is 11.8 Å². The highest BCUT2D eigenvalue weighted by Crippen LogP contribution is 2.25. The van der Waals surface area contributed by atoms with Crippen LogP contribution in [0.15, 0.2) is 12.3 Å². The van der Waals surface area contributed by atoms with E-state index in [4.69, 9.17) is 4.74 Å². The second-order valence-corrected chi connectivity index (χ2v) is 4.45. The molecule has 0 saturated carbocycles. The summed E-state index contributed by atoms with van der Waals surface area (Å²) in [5.41, 5.74) is -1.07. The molecule has 0 aliphatic carbocycles. The standard InChI is InChI=1S/C10H13N3O5/c1-10(2,3)18-9(15)12-8-7(14)4-6(5-11-8)13(16)17/h4-5,14H,1-3H3,(H,11,12,15). The highest BCUT2D eigenvalue weighted by atomic mass is 16.6. The minimum atomic E-state index is -0.806. The fourth-order valence-corrected chi connectivity index (χ4v) is 1.04. The average molecular weight is 255 g/mol. The fraction of sp³-hybridized carbons (Fsp3) is 0.400. The van der Waals surface area contributed by atoms with Crippen LogP contribution in [0.1, 0.15) is 20.8 Å². The summed E-state index contributed by atoms with van der Waals surface area (Å²) in [5.74, 6) is -0.704. The average Bonchev–Trinajstić information content (AvgIpc) is 2.17. The zero-order valence-corrected chi connectivity index (χ0v) is 10.1. The number of aromatic hydroxyl groups is 1. The predicted molar refractivity (Wildman–Crippen MR) is 62.4 cm³/mol. The second-order valence-electron chi connectivity index (χ2n) is 4.45. The third-order valence-electron chi connectivity index (χ3n) is 1.68. The quantitative estimate of drug-likeness (QED) is 0.617. The van der Waals surface area contributed by atoms with Gasteiger partial charge in [0.05, 0.1) is 11.0 Å². The van der Waals surface area contributed by atoms with E-state index in [1.807, 2.05) is 0 Å². The number of nitrogens with zero attached hydrogens (tertiary/aromatic N) is 2. The molecule has 0 aliphatic heterocycles. The molecule has 8 nitrogen and oxygen atoms in total. The second kappa shape index (κ2) is 4.86. The van der Waals surface area contributed by atoms with Gasteiger partial charge >= 0.3 is 6.09 Å². The van der Waals surface area contributed by atoms with Gasteiger partial charge in [0.2, 0.25) is 0 Å². The summed E-state index contributed by atoms with van der Waals surface area (Å²) >= 11 is 0. The Morgan fingerprint density at radius 3 is 2.61 bits per heavy atom. The van der Waals surface area contributed by atoms with Gasteiger partial charge in [-0.05, 0) is 20.8 Å². The number of rotatable bonds is 2. The first-order chi connectivity index (χ1) is 8.19. The van der Waals surface area contributed by atoms with E-state index in [9.17, 15) is 20.0 Å². The molecule has 0 aromatic carbocycles. The summed E-state index contributed by atoms with van der Waals surface area (Å²) in [6, 6.07) is 0.889. The summed E-state index contributed by atoms with van der Waals surface area (Å²) in [4.78, 5) is 24.7. The van der Waals surface area contributed by atoms with E-state index in [2.05, 4.69) is 10.3 Å². The SMILES string of the molecule is CC(C)(C)OC(=O)Nc1ncc([N+](=O)[O-])cc1O. The minimum Gasteiger partial charge on any atom is -0.504 e. The van der Waals surface area contributed by atoms with Gasteiger partial charge in [-0.2, -0.15) is 0 Å². The van der Waals surface area contributed by atoms with Crippen molar-refractivity contribution < 1.29 is 19.6 Å². The highest BCUT2D eigenvalue weighted by Gasteiger charge is 2.19. The van der Waals surface area contributed by atoms with Crippen LogP contribution in [0.5, 0.6) is 5.75 Å². The summed E-state index contributed by atoms with van der Waals surface area (Å²) < 4.78 is 4.94. The van der Waals surface area contributed by atoms with Gasteiger partial charge in [-0.3, -0.25) is 15.4 Å². The van der Waals surface area contributed by atoms with E-state index in [-0.39, 0.29) is 11.5 Å². The number of hydrogen-bond donors (Lipinski definition) is 2. The third kappa shape index (κ3) is 3.89. The van der Waals surface area contributed by atoms with Gasteiger partial charge in [0.15, 0.2) is 11.6 Å². The first-order valence-electron chi connectivity index (χ1n) is 5.02. The van der Waals surface area contributed by atoms with Gasteiger partial charge in [-0.15, -0.1) is 0 Å². The smallest absolute Gasteiger partial charge is 0.413 e. The topological polar surface area (TPSA) is 115 Å². The van der Waals surface area contributed by atoms with Gasteiger partial charge in [-0.25, -0.2) is 9.78 Å². The van der Waals surface area contributed by atoms with Gasteiger partial charge < -0.3 is 9.84 Å². The van der Waals surface area contributed by atoms with E-state index in [0.29, 0.717) is 0 Å². The number of carbonyl (C=O) groups excluding carboxylic acids is 1. The molecule has 0 aliphatic rings. The van der Waals surface area contributed by atoms with Gasteiger partial charge in [0, 0.05) is 0 Å². The Morgan fingerprint density at radius 2 is 2.17 bits per heavy atom. The molecule has 0 atom stereocenters. The predicted octanol–water partition coefficient (Wildman–Crippen LogP) is 2.04. The van der Waals surface area contributed by atoms with Gasteiger partial charge in [-0.1, -0.05) is 0 Å². The Bertz CT molecular complexity index is 481. The Balaban J connectivity index is 2.80. The van der Waals surface area contributed by atoms with E-state index >= 15 is 0 Å². The Labute approximate surface area is 103 Å². The van der Waals surface area contributed by atoms with Crippen LogP contribution in [0, 0.1) is 10.1 Å². The number of aromatic nitrogens is 1. The van der Waals surface area contributed by atoms with E-state index in [1.165, 1.54) is 0 Å². The lowest BCUT2D eigenvalue weighted by Gasteiger charge is -2.19. The minimum absolute atomic E-state index is 0.199. The van der Waals surface area contributed by atoms with Crippen molar-refractivity contribution in [1.29, 1.82) is 0 Å². The Hall–Kier alpha value is -2.38. The lowest BCUT2D eigenvalue weighted by molar-refractivity contribution is -0.385. The lowest BCUT2D eigenvalue weighted by atomic mass is 10.2. The third-order valence-corrected chi connectivity index (χ3v) is 1.68. The zero-order chi connectivity index (χ0) is 13.9. The van der Waals surface area contributed by atoms with Crippen LogP contribution in [0.4, 0.5) is 16.3 Å². The van der Waals surface area contributed by atoms with Crippen LogP contribution >= 0.6 is 0 Å². The molecular weight excluding hydrogens is 242 g/mol. The molecule has 0 bridgehead atoms. The number of carbonyl (C=O) groups is 1. The molecule has 98 valence electrons. The van der Waals surface area contributed by atoms with E-state index < -0.39 is 22.4 Å². The molecule has 1 amide bonds. The Morgan fingerprint density at radius 1 is 1.56 bits per heavy atom. The van der Waals surface area contributed by atoms with Crippen molar-refractivity contribution in [3.05, 3.63) is 22.4 Å². The normalized spacial score (nSPS) is 10.8. The summed E-state index contributed by atoms with van der Waals surface area (Å²) in [6.07, 6.45) is 0.117. The molecule has 0 radical (unpaired) electrons. The maximum Gasteiger partial charge on any atom is 0.413 e. The number of hydrogen-bond acceptors (Lipinski definition) is 6. The molecule has 1 aromatic heterocycles. The number of anilines is 1. The zero-order valence-electron chi connectivity index (χ0n) is 10.1. The molecule has 0 unspecified atom stereocenters. The molecule has 0 fully saturated rings. The molecular formula is C10H13N3O5. The van der Waals surface area contributed by atoms with Crippen molar-refractivity contribution in [3.8, 4) is 5.75 Å². The van der Waals surface area contributed by atoms with Crippen LogP contribution in [-0.4, -0.2) is 26.7 Å². The molecule has 0 saturated heterocycles. The molecule has 18 heavy (non-hydrogen) atoms. The molecule has 1 rings (SSSR count). The lowest BCUT2D eigenvalue weighted by Crippen LogP contribution is -2.27. The van der Waals surface area contributed by atoms with Gasteiger partial charge in [0.25, 0.3) is 5.69 Å². The molecule has 1 heterocycles. The number of nitrogens with one attached hydrogen (secondary N) is 1. The van der Waals surface area contributed by atoms with Crippen LogP contribution in [-0.2, 0) is 4.74 Å². The molecule has 1 aromatic rings. The van der Waals surface area contributed by atoms with E-state index in [1.54, 1.807) is 20.8 Å². The summed E-state index contributed by atoms with van der Waals surface area (Å²) in [6.45, 7) is 5.03. The molecule has 0 spiro atoms. The number of amides is 1. The highest BCUT2D eigenvalue weighted by molar-refractivity contribution is 5.85. The van der Waals surface area contributed by atoms with Crippen molar-refractivity contribution in [3.63, 3.8) is 0 Å². The number of ether oxygens (including phenoxy) is 1. The Kier molecular flexibility index (Phi) is 3.70. The monoisotopic (exact) mass is 255 g/mol. The number of nitro groups is 1. The fourth-order valence-electron chi connectivity index (χ4n) is 1.04. The molecule has 2 N–H and O–H groups in total. The van der Waals surface area contributed by atoms with Crippen molar-refractivity contribution in [1.82, 2.24) is 4.98 Å². The maximum atomic E-state index is 11.4. The van der Waals surface area contributed by atoms with Crippen LogP contribution in [0.2, 0.25) is 0 Å². The largest absolute Gasteiger partial charge is 0.504 e. The summed E-state index contributed by atoms with van der Waals surface area (Å²) in [7, 11) is 0. The van der Waals surface area contributed by atoms with Crippen LogP contribution < -0.4 is 5.32 Å². The van der Waals surface area contributed by atoms with E-state index in [0.717, 1.165) is 12.3 Å². The van der Waals surface area contributed by atoms with Crippen molar-refractivity contribution in [2.75, 3.05) is 5.32 Å². The molecule has 8 heteroatoms. The first kappa shape index (κ1) is 13.7. The van der Waals surface area contributed by atoms with Crippen molar-refractivity contribution in [2.45, 2.75) is 26.4 Å². The van der Waals surface area contributed by atoms with Crippen molar-refractivity contribution in [2.24, 2.45) is 0 Å². The van der Waals surface area contributed by atoms with Crippen molar-refractivity contribution >= 4 is 17.6 Å². The first-order valence-corrected chi connectivity index (χ1v) is 5.02. The maximum absolute atomic E-state index is 11.4. The summed E-state index contributed by atoms with van der Waals surface area (Å²) in [5, 5.41) is 22.1. The van der Waals surface area contributed by atoms with Crippen LogP contribution in [0.3, 0.4) is 0 Å².